The van der Waals surface area contributed by atoms with Crippen LogP contribution in [0.25, 0.3) is 6.08 Å². The maximum Gasteiger partial charge on any atom is 0.275 e. The van der Waals surface area contributed by atoms with Crippen molar-refractivity contribution in [2.45, 2.75) is 6.92 Å². The Morgan fingerprint density at radius 2 is 1.54 bits per heavy atom. The van der Waals surface area contributed by atoms with Crippen molar-refractivity contribution in [3.05, 3.63) is 52.7 Å². The predicted molar refractivity (Wildman–Crippen MR) is 106 cm³/mol. The lowest BCUT2D eigenvalue weighted by molar-refractivity contribution is -0.115. The summed E-state index contributed by atoms with van der Waals surface area (Å²) in [5, 5.41) is 2.78. The summed E-state index contributed by atoms with van der Waals surface area (Å²) in [5.41, 5.74) is 2.62. The fraction of sp³-hybridized carbons (Fsp3) is 0.238. The smallest absolute Gasteiger partial charge is 0.275 e. The minimum absolute atomic E-state index is 0.272. The van der Waals surface area contributed by atoms with Gasteiger partial charge < -0.3 is 24.3 Å². The van der Waals surface area contributed by atoms with Gasteiger partial charge in [-0.3, -0.25) is 4.79 Å². The summed E-state index contributed by atoms with van der Waals surface area (Å²) in [6.45, 7) is 1.92. The zero-order chi connectivity index (χ0) is 20.3. The van der Waals surface area contributed by atoms with E-state index in [1.807, 2.05) is 19.1 Å². The Balaban J connectivity index is 2.01. The fourth-order valence-corrected chi connectivity index (χ4v) is 2.92. The van der Waals surface area contributed by atoms with Gasteiger partial charge in [0.15, 0.2) is 11.5 Å². The molecule has 28 heavy (non-hydrogen) atoms. The molecule has 2 aromatic carbocycles. The summed E-state index contributed by atoms with van der Waals surface area (Å²) in [4.78, 5) is 16.9. The van der Waals surface area contributed by atoms with Crippen molar-refractivity contribution in [3.63, 3.8) is 0 Å². The zero-order valence-corrected chi connectivity index (χ0v) is 16.5. The molecule has 0 aromatic heterocycles. The molecule has 146 valence electrons. The molecule has 1 amide bonds. The van der Waals surface area contributed by atoms with Gasteiger partial charge in [0.05, 0.1) is 28.4 Å². The van der Waals surface area contributed by atoms with Crippen molar-refractivity contribution in [1.82, 2.24) is 5.32 Å². The Kier molecular flexibility index (Phi) is 5.54. The molecule has 1 aliphatic heterocycles. The second-order valence-electron chi connectivity index (χ2n) is 6.08. The number of hydrogen-bond donors (Lipinski definition) is 1. The largest absolute Gasteiger partial charge is 0.496 e. The van der Waals surface area contributed by atoms with E-state index in [2.05, 4.69) is 10.3 Å². The highest BCUT2D eigenvalue weighted by atomic mass is 16.5. The van der Waals surface area contributed by atoms with E-state index in [4.69, 9.17) is 18.9 Å². The summed E-state index contributed by atoms with van der Waals surface area (Å²) >= 11 is 0. The van der Waals surface area contributed by atoms with Crippen LogP contribution in [-0.4, -0.2) is 40.2 Å². The highest BCUT2D eigenvalue weighted by Crippen LogP contribution is 2.31. The molecule has 0 spiro atoms. The minimum Gasteiger partial charge on any atom is -0.496 e. The highest BCUT2D eigenvalue weighted by Gasteiger charge is 2.23. The van der Waals surface area contributed by atoms with Gasteiger partial charge in [0.2, 0.25) is 0 Å². The Morgan fingerprint density at radius 3 is 2.18 bits per heavy atom. The Bertz CT molecular complexity index is 979. The lowest BCUT2D eigenvalue weighted by Crippen LogP contribution is -2.24. The maximum atomic E-state index is 12.4. The topological polar surface area (TPSA) is 78.4 Å². The lowest BCUT2D eigenvalue weighted by Gasteiger charge is -2.10. The van der Waals surface area contributed by atoms with Crippen LogP contribution in [0.4, 0.5) is 0 Å². The molecule has 7 nitrogen and oxygen atoms in total. The molecular formula is C21H22N2O5. The van der Waals surface area contributed by atoms with E-state index in [-0.39, 0.29) is 11.6 Å². The normalized spacial score (nSPS) is 14.5. The van der Waals surface area contributed by atoms with E-state index in [0.29, 0.717) is 40.0 Å². The monoisotopic (exact) mass is 382 g/mol. The molecule has 0 saturated heterocycles. The molecule has 1 heterocycles. The first-order chi connectivity index (χ1) is 13.5. The molecule has 0 radical (unpaired) electrons. The molecule has 3 rings (SSSR count). The third-order valence-electron chi connectivity index (χ3n) is 4.39. The van der Waals surface area contributed by atoms with E-state index in [1.54, 1.807) is 52.7 Å². The van der Waals surface area contributed by atoms with Gasteiger partial charge >= 0.3 is 0 Å². The molecule has 0 saturated carbocycles. The number of amidine groups is 1. The van der Waals surface area contributed by atoms with Crippen LogP contribution in [0, 0.1) is 6.92 Å². The molecule has 0 atom stereocenters. The van der Waals surface area contributed by atoms with Crippen molar-refractivity contribution in [2.75, 3.05) is 28.4 Å². The Morgan fingerprint density at radius 1 is 0.857 bits per heavy atom. The number of amides is 1. The van der Waals surface area contributed by atoms with Crippen LogP contribution in [0.2, 0.25) is 0 Å². The van der Waals surface area contributed by atoms with E-state index >= 15 is 0 Å². The SMILES string of the molecule is COc1cc(/C=C2/N=C(c3ccc(OC)c(OC)c3)NC2=O)c(OC)cc1C. The number of nitrogens with zero attached hydrogens (tertiary/aromatic N) is 1. The highest BCUT2D eigenvalue weighted by molar-refractivity contribution is 6.20. The quantitative estimate of drug-likeness (QED) is 0.777. The molecule has 1 aliphatic rings. The van der Waals surface area contributed by atoms with Crippen LogP contribution in [0.15, 0.2) is 41.0 Å². The van der Waals surface area contributed by atoms with Gasteiger partial charge in [-0.05, 0) is 48.9 Å². The van der Waals surface area contributed by atoms with E-state index in [1.165, 1.54) is 0 Å². The van der Waals surface area contributed by atoms with Gasteiger partial charge in [-0.1, -0.05) is 0 Å². The lowest BCUT2D eigenvalue weighted by atomic mass is 10.1. The first-order valence-electron chi connectivity index (χ1n) is 8.57. The number of ether oxygens (including phenoxy) is 4. The number of benzene rings is 2. The van der Waals surface area contributed by atoms with Crippen LogP contribution in [-0.2, 0) is 4.79 Å². The summed E-state index contributed by atoms with van der Waals surface area (Å²) < 4.78 is 21.4. The van der Waals surface area contributed by atoms with E-state index < -0.39 is 0 Å². The average molecular weight is 382 g/mol. The van der Waals surface area contributed by atoms with Crippen molar-refractivity contribution in [1.29, 1.82) is 0 Å². The average Bonchev–Trinajstić information content (AvgIpc) is 3.08. The molecule has 7 heteroatoms. The van der Waals surface area contributed by atoms with Gasteiger partial charge in [-0.15, -0.1) is 0 Å². The Labute approximate surface area is 163 Å². The molecular weight excluding hydrogens is 360 g/mol. The number of carbonyl (C=O) groups is 1. The second-order valence-corrected chi connectivity index (χ2v) is 6.08. The van der Waals surface area contributed by atoms with Gasteiger partial charge in [0.25, 0.3) is 5.91 Å². The zero-order valence-electron chi connectivity index (χ0n) is 16.5. The van der Waals surface area contributed by atoms with Crippen LogP contribution < -0.4 is 24.3 Å². The first-order valence-corrected chi connectivity index (χ1v) is 8.57. The summed E-state index contributed by atoms with van der Waals surface area (Å²) in [6.07, 6.45) is 1.67. The number of nitrogens with one attached hydrogen (secondary N) is 1. The van der Waals surface area contributed by atoms with Crippen LogP contribution in [0.3, 0.4) is 0 Å². The first kappa shape index (κ1) is 19.3. The number of aliphatic imine (C=N–C) groups is 1. The number of hydrogen-bond acceptors (Lipinski definition) is 6. The van der Waals surface area contributed by atoms with Crippen molar-refractivity contribution < 1.29 is 23.7 Å². The fourth-order valence-electron chi connectivity index (χ4n) is 2.92. The van der Waals surface area contributed by atoms with Gasteiger partial charge in [0, 0.05) is 11.1 Å². The van der Waals surface area contributed by atoms with Crippen molar-refractivity contribution in [2.24, 2.45) is 4.99 Å². The molecule has 0 bridgehead atoms. The van der Waals surface area contributed by atoms with Crippen LogP contribution >= 0.6 is 0 Å². The van der Waals surface area contributed by atoms with E-state index in [9.17, 15) is 4.79 Å². The predicted octanol–water partition coefficient (Wildman–Crippen LogP) is 2.95. The molecule has 1 N–H and O–H groups in total. The van der Waals surface area contributed by atoms with Crippen LogP contribution in [0.1, 0.15) is 16.7 Å². The summed E-state index contributed by atoms with van der Waals surface area (Å²) in [7, 11) is 6.30. The van der Waals surface area contributed by atoms with E-state index in [0.717, 1.165) is 5.56 Å². The number of aryl methyl sites for hydroxylation is 1. The number of methoxy groups -OCH3 is 4. The number of rotatable bonds is 6. The standard InChI is InChI=1S/C21H22N2O5/c1-12-8-18(27-4)14(11-17(12)26-3)9-15-21(24)23-20(22-15)13-6-7-16(25-2)19(10-13)28-5/h6-11H,1-5H3,(H,22,23,24)/b15-9+. The second kappa shape index (κ2) is 8.04. The third kappa shape index (κ3) is 3.64. The van der Waals surface area contributed by atoms with Gasteiger partial charge in [0.1, 0.15) is 23.0 Å². The molecule has 0 unspecified atom stereocenters. The molecule has 0 aliphatic carbocycles. The maximum absolute atomic E-state index is 12.4. The Hall–Kier alpha value is -3.48. The van der Waals surface area contributed by atoms with Crippen molar-refractivity contribution >= 4 is 17.8 Å². The van der Waals surface area contributed by atoms with Crippen molar-refractivity contribution in [3.8, 4) is 23.0 Å². The number of carbonyl (C=O) groups excluding carboxylic acids is 1. The molecule has 2 aromatic rings. The molecule has 0 fully saturated rings. The third-order valence-corrected chi connectivity index (χ3v) is 4.39. The minimum atomic E-state index is -0.300. The van der Waals surface area contributed by atoms with Crippen LogP contribution in [0.5, 0.6) is 23.0 Å². The van der Waals surface area contributed by atoms with Gasteiger partial charge in [-0.25, -0.2) is 4.99 Å². The summed E-state index contributed by atoms with van der Waals surface area (Å²) in [5.74, 6) is 2.63. The van der Waals surface area contributed by atoms with Gasteiger partial charge in [-0.2, -0.15) is 0 Å². The summed E-state index contributed by atoms with van der Waals surface area (Å²) in [6, 6.07) is 9.00.